The van der Waals surface area contributed by atoms with Crippen LogP contribution in [0.2, 0.25) is 5.02 Å². The Bertz CT molecular complexity index is 2220. The second-order valence-corrected chi connectivity index (χ2v) is 20.6. The second kappa shape index (κ2) is 18.8. The minimum absolute atomic E-state index is 0.00339. The molecule has 4 heterocycles. The molecule has 2 aliphatic heterocycles. The zero-order chi connectivity index (χ0) is 45.5. The molecular weight excluding hydrogens is 862 g/mol. The van der Waals surface area contributed by atoms with Crippen LogP contribution in [0.4, 0.5) is 9.93 Å². The molecule has 348 valence electrons. The Balaban J connectivity index is 1.09. The molecule has 5 aliphatic rings. The van der Waals surface area contributed by atoms with Crippen molar-refractivity contribution in [2.45, 2.75) is 116 Å². The van der Waals surface area contributed by atoms with Crippen LogP contribution in [0.15, 0.2) is 23.6 Å². The SMILES string of the molecule is CC[C@@H]1C[C@]1(NC(=O)[C@@H]1C[C@@H](Oc2cc(-c3csc(NC(C)C)n3)nc3c(Cl)c(OCCN4CCOCC4)ccc23)CN1C(=O)C(NC(=O)O[C@@H]1C[C@@H]2C[C@@H]2C1)C(C)(C)C)C(=O)OC. The highest BCUT2D eigenvalue weighted by Gasteiger charge is 2.62. The average Bonchev–Trinajstić information content (AvgIpc) is 3.92. The van der Waals surface area contributed by atoms with Crippen LogP contribution in [0.1, 0.15) is 80.1 Å². The lowest BCUT2D eigenvalue weighted by molar-refractivity contribution is -0.148. The summed E-state index contributed by atoms with van der Waals surface area (Å²) in [5, 5.41) is 12.8. The Labute approximate surface area is 383 Å². The van der Waals surface area contributed by atoms with E-state index >= 15 is 0 Å². The molecule has 2 saturated heterocycles. The van der Waals surface area contributed by atoms with E-state index in [9.17, 15) is 19.2 Å². The summed E-state index contributed by atoms with van der Waals surface area (Å²) in [6, 6.07) is 3.52. The number of hydrogen-bond acceptors (Lipinski definition) is 14. The maximum atomic E-state index is 14.9. The lowest BCUT2D eigenvalue weighted by Crippen LogP contribution is -2.59. The summed E-state index contributed by atoms with van der Waals surface area (Å²) in [4.78, 5) is 69.5. The number of fused-ring (bicyclic) bond motifs is 2. The van der Waals surface area contributed by atoms with Gasteiger partial charge in [-0.1, -0.05) is 45.7 Å². The van der Waals surface area contributed by atoms with Gasteiger partial charge in [-0.05, 0) is 74.8 Å². The number of carbonyl (C=O) groups is 4. The molecule has 8 rings (SSSR count). The monoisotopic (exact) mass is 923 g/mol. The van der Waals surface area contributed by atoms with E-state index in [-0.39, 0.29) is 31.0 Å². The average molecular weight is 925 g/mol. The molecule has 0 radical (unpaired) electrons. The van der Waals surface area contributed by atoms with E-state index in [1.807, 2.05) is 53.0 Å². The zero-order valence-corrected chi connectivity index (χ0v) is 39.4. The number of morpholine rings is 1. The van der Waals surface area contributed by atoms with Crippen LogP contribution < -0.4 is 25.4 Å². The minimum Gasteiger partial charge on any atom is -0.491 e. The van der Waals surface area contributed by atoms with Crippen molar-refractivity contribution in [3.8, 4) is 22.9 Å². The van der Waals surface area contributed by atoms with E-state index in [2.05, 4.69) is 20.9 Å². The Morgan fingerprint density at radius 3 is 2.44 bits per heavy atom. The van der Waals surface area contributed by atoms with Gasteiger partial charge in [-0.15, -0.1) is 11.3 Å². The molecule has 16 nitrogen and oxygen atoms in total. The molecule has 0 spiro atoms. The molecule has 1 unspecified atom stereocenters. The largest absolute Gasteiger partial charge is 0.491 e. The van der Waals surface area contributed by atoms with Gasteiger partial charge in [-0.25, -0.2) is 19.6 Å². The fraction of sp³-hybridized carbons (Fsp3) is 0.652. The second-order valence-electron chi connectivity index (χ2n) is 19.4. The maximum Gasteiger partial charge on any atom is 0.408 e. The molecule has 3 aliphatic carbocycles. The summed E-state index contributed by atoms with van der Waals surface area (Å²) < 4.78 is 29.6. The van der Waals surface area contributed by atoms with Gasteiger partial charge in [-0.2, -0.15) is 0 Å². The molecule has 3 amide bonds. The number of nitrogens with zero attached hydrogens (tertiary/aromatic N) is 4. The Kier molecular flexibility index (Phi) is 13.5. The number of aromatic nitrogens is 2. The molecule has 3 N–H and O–H groups in total. The van der Waals surface area contributed by atoms with Crippen LogP contribution in [-0.4, -0.2) is 133 Å². The third kappa shape index (κ3) is 10.0. The first-order chi connectivity index (χ1) is 30.6. The molecule has 2 aromatic heterocycles. The van der Waals surface area contributed by atoms with Crippen LogP contribution in [-0.2, 0) is 28.6 Å². The Hall–Kier alpha value is -4.45. The topological polar surface area (TPSA) is 183 Å². The highest BCUT2D eigenvalue weighted by atomic mass is 35.5. The van der Waals surface area contributed by atoms with Crippen molar-refractivity contribution in [1.82, 2.24) is 30.4 Å². The van der Waals surface area contributed by atoms with E-state index in [4.69, 9.17) is 45.3 Å². The fourth-order valence-electron chi connectivity index (χ4n) is 9.55. The molecule has 18 heteroatoms. The number of hydrogen-bond donors (Lipinski definition) is 3. The summed E-state index contributed by atoms with van der Waals surface area (Å²) in [7, 11) is 1.30. The van der Waals surface area contributed by atoms with E-state index in [0.29, 0.717) is 89.9 Å². The van der Waals surface area contributed by atoms with Crippen molar-refractivity contribution in [2.75, 3.05) is 58.4 Å². The number of pyridine rings is 1. The van der Waals surface area contributed by atoms with E-state index in [1.165, 1.54) is 29.8 Å². The molecule has 0 bridgehead atoms. The lowest BCUT2D eigenvalue weighted by Gasteiger charge is -2.35. The van der Waals surface area contributed by atoms with Crippen LogP contribution in [0.3, 0.4) is 0 Å². The maximum absolute atomic E-state index is 14.9. The molecule has 5 fully saturated rings. The van der Waals surface area contributed by atoms with E-state index in [0.717, 1.165) is 31.1 Å². The van der Waals surface area contributed by atoms with Gasteiger partial charge in [0.15, 0.2) is 5.13 Å². The standard InChI is InChI=1S/C46H62ClN7O9S/c1-8-28-22-46(28,42(57)59-7)52-40(55)34-20-30(23-54(34)41(56)39(45(4,5)6)51-44(58)63-29-18-26-17-27(26)19-29)62-36-21-32(33-24-64-43(50-33)48-25(2)3)49-38-31(36)9-10-35(37(38)47)61-16-13-53-11-14-60-15-12-53/h9-10,21,24-30,34,39H,8,11-20,22-23H2,1-7H3,(H,48,50)(H,51,58)(H,52,55)/t26-,27+,28-,29+,30-,34+,39?,46-/m1/s1. The van der Waals surface area contributed by atoms with Crippen LogP contribution >= 0.6 is 22.9 Å². The smallest absolute Gasteiger partial charge is 0.408 e. The number of methoxy groups -OCH3 is 1. The van der Waals surface area contributed by atoms with Gasteiger partial charge in [0.05, 0.1) is 38.1 Å². The Morgan fingerprint density at radius 1 is 1.02 bits per heavy atom. The summed E-state index contributed by atoms with van der Waals surface area (Å²) in [5.74, 6) is 0.517. The zero-order valence-electron chi connectivity index (χ0n) is 37.9. The first-order valence-electron chi connectivity index (χ1n) is 22.7. The quantitative estimate of drug-likeness (QED) is 0.137. The van der Waals surface area contributed by atoms with Crippen molar-refractivity contribution in [2.24, 2.45) is 23.2 Å². The predicted molar refractivity (Wildman–Crippen MR) is 243 cm³/mol. The third-order valence-electron chi connectivity index (χ3n) is 13.3. The van der Waals surface area contributed by atoms with Crippen molar-refractivity contribution in [3.05, 3.63) is 28.6 Å². The van der Waals surface area contributed by atoms with Crippen LogP contribution in [0.5, 0.6) is 11.5 Å². The van der Waals surface area contributed by atoms with Gasteiger partial charge in [0.25, 0.3) is 0 Å². The van der Waals surface area contributed by atoms with Gasteiger partial charge in [0.2, 0.25) is 11.8 Å². The number of rotatable bonds is 16. The van der Waals surface area contributed by atoms with Crippen molar-refractivity contribution in [3.63, 3.8) is 0 Å². The summed E-state index contributed by atoms with van der Waals surface area (Å²) in [6.45, 7) is 15.8. The van der Waals surface area contributed by atoms with E-state index in [1.54, 1.807) is 12.1 Å². The highest BCUT2D eigenvalue weighted by Crippen LogP contribution is 2.52. The number of thiazole rings is 1. The minimum atomic E-state index is -1.19. The molecule has 1 aromatic carbocycles. The number of anilines is 1. The number of benzene rings is 1. The summed E-state index contributed by atoms with van der Waals surface area (Å²) in [5.41, 5.74) is -0.389. The molecule has 3 saturated carbocycles. The number of carbonyl (C=O) groups excluding carboxylic acids is 4. The number of ether oxygens (including phenoxy) is 5. The van der Waals surface area contributed by atoms with Crippen molar-refractivity contribution in [1.29, 1.82) is 0 Å². The van der Waals surface area contributed by atoms with Crippen LogP contribution in [0.25, 0.3) is 22.3 Å². The lowest BCUT2D eigenvalue weighted by atomic mass is 9.85. The summed E-state index contributed by atoms with van der Waals surface area (Å²) >= 11 is 8.58. The first-order valence-corrected chi connectivity index (χ1v) is 24.0. The number of amides is 3. The van der Waals surface area contributed by atoms with Gasteiger partial charge in [0, 0.05) is 48.9 Å². The fourth-order valence-corrected chi connectivity index (χ4v) is 10.7. The van der Waals surface area contributed by atoms with Crippen LogP contribution in [0, 0.1) is 23.2 Å². The molecule has 64 heavy (non-hydrogen) atoms. The predicted octanol–water partition coefficient (Wildman–Crippen LogP) is 6.29. The third-order valence-corrected chi connectivity index (χ3v) is 14.4. The Morgan fingerprint density at radius 2 is 1.77 bits per heavy atom. The number of halogens is 1. The van der Waals surface area contributed by atoms with Crippen molar-refractivity contribution >= 4 is 62.8 Å². The number of alkyl carbamates (subject to hydrolysis) is 1. The molecular formula is C46H62ClN7O9S. The number of likely N-dealkylation sites (tertiary alicyclic amines) is 1. The highest BCUT2D eigenvalue weighted by molar-refractivity contribution is 7.14. The van der Waals surface area contributed by atoms with Gasteiger partial charge in [-0.3, -0.25) is 14.5 Å². The molecule has 8 atom stereocenters. The molecule has 3 aromatic rings. The first kappa shape index (κ1) is 46.1. The summed E-state index contributed by atoms with van der Waals surface area (Å²) in [6.07, 6.45) is 2.47. The van der Waals surface area contributed by atoms with Gasteiger partial charge < -0.3 is 44.5 Å². The van der Waals surface area contributed by atoms with Crippen molar-refractivity contribution < 1.29 is 42.9 Å². The van der Waals surface area contributed by atoms with Gasteiger partial charge >= 0.3 is 12.1 Å². The number of nitrogens with one attached hydrogen (secondary N) is 3. The van der Waals surface area contributed by atoms with E-state index < -0.39 is 53.0 Å². The number of esters is 1. The van der Waals surface area contributed by atoms with Gasteiger partial charge in [0.1, 0.15) is 58.7 Å². The normalized spacial score (nSPS) is 26.9.